The molecule has 17 heavy (non-hydrogen) atoms. The van der Waals surface area contributed by atoms with Crippen molar-refractivity contribution in [2.45, 2.75) is 50.9 Å². The molecule has 0 amide bonds. The van der Waals surface area contributed by atoms with Gasteiger partial charge in [0.2, 0.25) is 0 Å². The number of rotatable bonds is 5. The van der Waals surface area contributed by atoms with E-state index in [2.05, 4.69) is 26.5 Å². The quantitative estimate of drug-likeness (QED) is 0.732. The van der Waals surface area contributed by atoms with Crippen LogP contribution < -0.4 is 0 Å². The van der Waals surface area contributed by atoms with Crippen LogP contribution in [-0.4, -0.2) is 23.9 Å². The second kappa shape index (κ2) is 5.69. The summed E-state index contributed by atoms with van der Waals surface area (Å²) in [5, 5.41) is 19.6. The molecule has 1 aliphatic rings. The summed E-state index contributed by atoms with van der Waals surface area (Å²) >= 11 is 0. The normalized spacial score (nSPS) is 25.3. The summed E-state index contributed by atoms with van der Waals surface area (Å²) in [6.07, 6.45) is 7.32. The maximum atomic E-state index is 10.3. The summed E-state index contributed by atoms with van der Waals surface area (Å²) in [5.74, 6) is 0.244. The fourth-order valence-corrected chi connectivity index (χ4v) is 5.03. The molecule has 1 unspecified atom stereocenters. The number of hydrogen-bond donors (Lipinski definition) is 2. The van der Waals surface area contributed by atoms with Crippen LogP contribution in [0, 0.1) is 0 Å². The van der Waals surface area contributed by atoms with Crippen LogP contribution in [0.4, 0.5) is 0 Å². The van der Waals surface area contributed by atoms with Gasteiger partial charge in [0.25, 0.3) is 0 Å². The van der Waals surface area contributed by atoms with Crippen molar-refractivity contribution >= 4 is 8.07 Å². The van der Waals surface area contributed by atoms with Crippen molar-refractivity contribution in [3.8, 4) is 0 Å². The van der Waals surface area contributed by atoms with Gasteiger partial charge in [0.1, 0.15) is 11.4 Å². The van der Waals surface area contributed by atoms with Crippen molar-refractivity contribution in [3.05, 3.63) is 35.8 Å². The Morgan fingerprint density at radius 1 is 1.29 bits per heavy atom. The van der Waals surface area contributed by atoms with Gasteiger partial charge < -0.3 is 10.2 Å². The van der Waals surface area contributed by atoms with Crippen LogP contribution in [0.1, 0.15) is 27.2 Å². The zero-order valence-electron chi connectivity index (χ0n) is 11.1. The standard InChI is InChI=1S/C14H24O2Si/c1-4-17(5-2,6-3)12-11-14(16)9-7-13(15)8-10-14/h7-9,11-12,15-16H,4-6,10H2,1-3H3/b12-11+. The molecule has 96 valence electrons. The predicted octanol–water partition coefficient (Wildman–Crippen LogP) is 3.72. The first-order valence-electron chi connectivity index (χ1n) is 6.50. The molecule has 0 radical (unpaired) electrons. The van der Waals surface area contributed by atoms with Crippen LogP contribution in [-0.2, 0) is 0 Å². The Kier molecular flexibility index (Phi) is 4.77. The van der Waals surface area contributed by atoms with Crippen LogP contribution in [0.25, 0.3) is 0 Å². The molecule has 0 heterocycles. The summed E-state index contributed by atoms with van der Waals surface area (Å²) in [4.78, 5) is 0. The van der Waals surface area contributed by atoms with Crippen molar-refractivity contribution in [2.75, 3.05) is 0 Å². The largest absolute Gasteiger partial charge is 0.508 e. The van der Waals surface area contributed by atoms with E-state index in [1.54, 1.807) is 18.2 Å². The van der Waals surface area contributed by atoms with Gasteiger partial charge in [-0.3, -0.25) is 0 Å². The SMILES string of the molecule is CC[Si](/C=C/C1(O)C=CC(O)=CC1)(CC)CC. The highest BCUT2D eigenvalue weighted by Gasteiger charge is 2.27. The molecule has 0 spiro atoms. The average Bonchev–Trinajstić information content (AvgIpc) is 2.36. The minimum atomic E-state index is -1.32. The Morgan fingerprint density at radius 2 is 1.88 bits per heavy atom. The Balaban J connectivity index is 2.80. The summed E-state index contributed by atoms with van der Waals surface area (Å²) < 4.78 is 0. The molecular weight excluding hydrogens is 228 g/mol. The molecule has 0 bridgehead atoms. The van der Waals surface area contributed by atoms with E-state index in [4.69, 9.17) is 0 Å². The second-order valence-electron chi connectivity index (χ2n) is 4.91. The Bertz CT molecular complexity index is 332. The van der Waals surface area contributed by atoms with E-state index < -0.39 is 13.7 Å². The molecule has 0 aromatic rings. The van der Waals surface area contributed by atoms with E-state index in [0.29, 0.717) is 6.42 Å². The number of aliphatic hydroxyl groups is 2. The van der Waals surface area contributed by atoms with Gasteiger partial charge in [-0.05, 0) is 18.2 Å². The first-order valence-corrected chi connectivity index (χ1v) is 9.20. The second-order valence-corrected chi connectivity index (χ2v) is 10.1. The van der Waals surface area contributed by atoms with E-state index in [1.807, 2.05) is 6.08 Å². The molecule has 0 saturated heterocycles. The molecule has 0 fully saturated rings. The maximum Gasteiger partial charge on any atom is 0.111 e. The third-order valence-corrected chi connectivity index (χ3v) is 9.12. The van der Waals surface area contributed by atoms with Gasteiger partial charge in [-0.25, -0.2) is 0 Å². The van der Waals surface area contributed by atoms with Gasteiger partial charge >= 0.3 is 0 Å². The molecule has 2 nitrogen and oxygen atoms in total. The van der Waals surface area contributed by atoms with Crippen molar-refractivity contribution < 1.29 is 10.2 Å². The van der Waals surface area contributed by atoms with Gasteiger partial charge in [-0.2, -0.15) is 0 Å². The first kappa shape index (κ1) is 14.3. The van der Waals surface area contributed by atoms with Crippen molar-refractivity contribution in [3.63, 3.8) is 0 Å². The Labute approximate surface area is 105 Å². The zero-order chi connectivity index (χ0) is 12.9. The third kappa shape index (κ3) is 3.58. The van der Waals surface area contributed by atoms with Crippen LogP contribution in [0.2, 0.25) is 18.1 Å². The summed E-state index contributed by atoms with van der Waals surface area (Å²) in [5.41, 5.74) is 1.39. The van der Waals surface area contributed by atoms with E-state index in [0.717, 1.165) is 0 Å². The van der Waals surface area contributed by atoms with E-state index in [9.17, 15) is 10.2 Å². The predicted molar refractivity (Wildman–Crippen MR) is 75.8 cm³/mol. The highest BCUT2D eigenvalue weighted by molar-refractivity contribution is 6.84. The van der Waals surface area contributed by atoms with Crippen molar-refractivity contribution in [1.82, 2.24) is 0 Å². The fourth-order valence-electron chi connectivity index (χ4n) is 2.18. The number of aliphatic hydroxyl groups excluding tert-OH is 1. The molecule has 0 aliphatic heterocycles. The molecule has 2 N–H and O–H groups in total. The smallest absolute Gasteiger partial charge is 0.111 e. The van der Waals surface area contributed by atoms with E-state index >= 15 is 0 Å². The Morgan fingerprint density at radius 3 is 2.29 bits per heavy atom. The van der Waals surface area contributed by atoms with Gasteiger partial charge in [0.05, 0.1) is 8.07 Å². The first-order chi connectivity index (χ1) is 7.99. The highest BCUT2D eigenvalue weighted by Crippen LogP contribution is 2.26. The number of hydrogen-bond acceptors (Lipinski definition) is 2. The van der Waals surface area contributed by atoms with Crippen molar-refractivity contribution in [2.24, 2.45) is 0 Å². The topological polar surface area (TPSA) is 40.5 Å². The summed E-state index contributed by atoms with van der Waals surface area (Å²) in [6, 6.07) is 3.66. The highest BCUT2D eigenvalue weighted by atomic mass is 28.3. The average molecular weight is 252 g/mol. The molecular formula is C14H24O2Si. The van der Waals surface area contributed by atoms with E-state index in [-0.39, 0.29) is 5.76 Å². The van der Waals surface area contributed by atoms with Gasteiger partial charge in [-0.15, -0.1) is 0 Å². The fraction of sp³-hybridized carbons (Fsp3) is 0.571. The summed E-state index contributed by atoms with van der Waals surface area (Å²) in [6.45, 7) is 6.74. The van der Waals surface area contributed by atoms with Crippen LogP contribution in [0.3, 0.4) is 0 Å². The van der Waals surface area contributed by atoms with Crippen molar-refractivity contribution in [1.29, 1.82) is 0 Å². The van der Waals surface area contributed by atoms with Crippen LogP contribution >= 0.6 is 0 Å². The summed E-state index contributed by atoms with van der Waals surface area (Å²) in [7, 11) is -1.32. The molecule has 0 saturated carbocycles. The molecule has 0 aromatic carbocycles. The van der Waals surface area contributed by atoms with Gasteiger partial charge in [-0.1, -0.05) is 50.7 Å². The molecule has 0 aromatic heterocycles. The zero-order valence-corrected chi connectivity index (χ0v) is 12.1. The molecule has 3 heteroatoms. The lowest BCUT2D eigenvalue weighted by atomic mass is 9.95. The lowest BCUT2D eigenvalue weighted by Gasteiger charge is -2.27. The molecule has 1 aliphatic carbocycles. The monoisotopic (exact) mass is 252 g/mol. The number of allylic oxidation sites excluding steroid dienone is 1. The maximum absolute atomic E-state index is 10.3. The lowest BCUT2D eigenvalue weighted by molar-refractivity contribution is 0.142. The molecule has 1 rings (SSSR count). The van der Waals surface area contributed by atoms with Crippen LogP contribution in [0.5, 0.6) is 0 Å². The van der Waals surface area contributed by atoms with E-state index in [1.165, 1.54) is 18.1 Å². The van der Waals surface area contributed by atoms with Gasteiger partial charge in [0, 0.05) is 6.42 Å². The Hall–Kier alpha value is -0.803. The third-order valence-electron chi connectivity index (χ3n) is 4.02. The molecule has 1 atom stereocenters. The van der Waals surface area contributed by atoms with Crippen LogP contribution in [0.15, 0.2) is 35.8 Å². The lowest BCUT2D eigenvalue weighted by Crippen LogP contribution is -2.31. The minimum absolute atomic E-state index is 0.244. The van der Waals surface area contributed by atoms with Gasteiger partial charge in [0.15, 0.2) is 0 Å². The minimum Gasteiger partial charge on any atom is -0.508 e.